The van der Waals surface area contributed by atoms with Gasteiger partial charge < -0.3 is 10.1 Å². The molecule has 138 valence electrons. The van der Waals surface area contributed by atoms with Crippen LogP contribution in [0.3, 0.4) is 0 Å². The molecule has 6 nitrogen and oxygen atoms in total. The van der Waals surface area contributed by atoms with Gasteiger partial charge in [-0.3, -0.25) is 9.89 Å². The van der Waals surface area contributed by atoms with Gasteiger partial charge >= 0.3 is 5.97 Å². The lowest BCUT2D eigenvalue weighted by atomic mass is 10.1. The van der Waals surface area contributed by atoms with Crippen molar-refractivity contribution < 1.29 is 14.3 Å². The number of ether oxygens (including phenoxy) is 1. The number of para-hydroxylation sites is 1. The molecule has 0 aliphatic rings. The van der Waals surface area contributed by atoms with Crippen molar-refractivity contribution in [2.24, 2.45) is 0 Å². The number of aryl methyl sites for hydroxylation is 2. The molecule has 0 aliphatic heterocycles. The largest absolute Gasteiger partial charge is 0.448 e. The van der Waals surface area contributed by atoms with Gasteiger partial charge in [0.05, 0.1) is 5.69 Å². The van der Waals surface area contributed by atoms with Crippen LogP contribution < -0.4 is 5.32 Å². The number of anilines is 1. The van der Waals surface area contributed by atoms with E-state index in [1.165, 1.54) is 6.92 Å². The molecule has 3 aromatic rings. The molecule has 1 heterocycles. The van der Waals surface area contributed by atoms with E-state index in [1.807, 2.05) is 62.4 Å². The molecule has 1 amide bonds. The summed E-state index contributed by atoms with van der Waals surface area (Å²) in [5.41, 5.74) is 4.34. The standard InChI is InChI=1S/C21H21N3O3/c1-13-8-7-9-14(2)19(13)22-20(25)15(3)27-21(26)18-12-17(23-24-18)16-10-5-4-6-11-16/h4-12,15H,1-3H3,(H,22,25)(H,23,24)/t15-/m1/s1. The second kappa shape index (κ2) is 7.86. The Labute approximate surface area is 157 Å². The van der Waals surface area contributed by atoms with Crippen LogP contribution in [0.5, 0.6) is 0 Å². The monoisotopic (exact) mass is 363 g/mol. The summed E-state index contributed by atoms with van der Waals surface area (Å²) in [4.78, 5) is 24.7. The SMILES string of the molecule is Cc1cccc(C)c1NC(=O)[C@@H](C)OC(=O)c1cc(-c2ccccc2)n[nH]1. The molecule has 0 fully saturated rings. The van der Waals surface area contributed by atoms with Crippen molar-refractivity contribution in [3.63, 3.8) is 0 Å². The highest BCUT2D eigenvalue weighted by Crippen LogP contribution is 2.20. The van der Waals surface area contributed by atoms with Gasteiger partial charge in [0.2, 0.25) is 0 Å². The maximum absolute atomic E-state index is 12.4. The van der Waals surface area contributed by atoms with Crippen LogP contribution in [0.15, 0.2) is 54.6 Å². The summed E-state index contributed by atoms with van der Waals surface area (Å²) >= 11 is 0. The third-order valence-electron chi connectivity index (χ3n) is 4.25. The second-order valence-corrected chi connectivity index (χ2v) is 6.34. The first-order valence-electron chi connectivity index (χ1n) is 8.64. The molecule has 0 bridgehead atoms. The van der Waals surface area contributed by atoms with Gasteiger partial charge in [0.25, 0.3) is 5.91 Å². The zero-order chi connectivity index (χ0) is 19.4. The van der Waals surface area contributed by atoms with Gasteiger partial charge in [-0.25, -0.2) is 4.79 Å². The molecule has 1 aromatic heterocycles. The van der Waals surface area contributed by atoms with Gasteiger partial charge in [0.15, 0.2) is 6.10 Å². The average Bonchev–Trinajstić information content (AvgIpc) is 3.15. The normalized spacial score (nSPS) is 11.7. The molecule has 3 rings (SSSR count). The van der Waals surface area contributed by atoms with Crippen LogP contribution in [0.4, 0.5) is 5.69 Å². The van der Waals surface area contributed by atoms with Crippen molar-refractivity contribution in [2.75, 3.05) is 5.32 Å². The molecule has 6 heteroatoms. The third-order valence-corrected chi connectivity index (χ3v) is 4.25. The van der Waals surface area contributed by atoms with Crippen LogP contribution in [-0.4, -0.2) is 28.2 Å². The molecule has 2 N–H and O–H groups in total. The predicted octanol–water partition coefficient (Wildman–Crippen LogP) is 3.88. The van der Waals surface area contributed by atoms with E-state index in [9.17, 15) is 9.59 Å². The van der Waals surface area contributed by atoms with E-state index >= 15 is 0 Å². The highest BCUT2D eigenvalue weighted by atomic mass is 16.5. The van der Waals surface area contributed by atoms with E-state index in [4.69, 9.17) is 4.74 Å². The maximum atomic E-state index is 12.4. The van der Waals surface area contributed by atoms with Gasteiger partial charge in [-0.1, -0.05) is 48.5 Å². The number of hydrogen-bond acceptors (Lipinski definition) is 4. The van der Waals surface area contributed by atoms with Crippen molar-refractivity contribution in [2.45, 2.75) is 26.9 Å². The molecule has 0 radical (unpaired) electrons. The van der Waals surface area contributed by atoms with Crippen molar-refractivity contribution in [1.82, 2.24) is 10.2 Å². The Morgan fingerprint density at radius 3 is 2.37 bits per heavy atom. The fraction of sp³-hybridized carbons (Fsp3) is 0.190. The Morgan fingerprint density at radius 1 is 1.04 bits per heavy atom. The minimum atomic E-state index is -0.944. The predicted molar refractivity (Wildman–Crippen MR) is 103 cm³/mol. The Morgan fingerprint density at radius 2 is 1.70 bits per heavy atom. The van der Waals surface area contributed by atoms with Crippen molar-refractivity contribution in [1.29, 1.82) is 0 Å². The Bertz CT molecular complexity index is 944. The summed E-state index contributed by atoms with van der Waals surface area (Å²) < 4.78 is 5.28. The quantitative estimate of drug-likeness (QED) is 0.674. The Hall–Kier alpha value is -3.41. The molecule has 27 heavy (non-hydrogen) atoms. The van der Waals surface area contributed by atoms with Crippen LogP contribution in [0.2, 0.25) is 0 Å². The number of carbonyl (C=O) groups excluding carboxylic acids is 2. The van der Waals surface area contributed by atoms with Gasteiger partial charge in [0.1, 0.15) is 5.69 Å². The molecule has 0 saturated heterocycles. The molecule has 0 saturated carbocycles. The first-order chi connectivity index (χ1) is 13.0. The van der Waals surface area contributed by atoms with E-state index in [-0.39, 0.29) is 11.6 Å². The number of rotatable bonds is 5. The number of aromatic nitrogens is 2. The number of nitrogens with zero attached hydrogens (tertiary/aromatic N) is 1. The van der Waals surface area contributed by atoms with E-state index in [1.54, 1.807) is 6.07 Å². The highest BCUT2D eigenvalue weighted by molar-refractivity contribution is 5.98. The maximum Gasteiger partial charge on any atom is 0.357 e. The number of nitrogens with one attached hydrogen (secondary N) is 2. The summed E-state index contributed by atoms with van der Waals surface area (Å²) in [7, 11) is 0. The minimum absolute atomic E-state index is 0.195. The smallest absolute Gasteiger partial charge is 0.357 e. The number of carbonyl (C=O) groups is 2. The van der Waals surface area contributed by atoms with Gasteiger partial charge in [0, 0.05) is 11.3 Å². The first kappa shape index (κ1) is 18.4. The highest BCUT2D eigenvalue weighted by Gasteiger charge is 2.21. The second-order valence-electron chi connectivity index (χ2n) is 6.34. The lowest BCUT2D eigenvalue weighted by molar-refractivity contribution is -0.123. The van der Waals surface area contributed by atoms with Crippen molar-refractivity contribution in [3.05, 3.63) is 71.4 Å². The van der Waals surface area contributed by atoms with Crippen LogP contribution in [0, 0.1) is 13.8 Å². The molecular formula is C21H21N3O3. The van der Waals surface area contributed by atoms with Crippen molar-refractivity contribution in [3.8, 4) is 11.3 Å². The summed E-state index contributed by atoms with van der Waals surface area (Å²) in [5, 5.41) is 9.61. The molecule has 0 spiro atoms. The molecular weight excluding hydrogens is 342 g/mol. The van der Waals surface area contributed by atoms with E-state index < -0.39 is 12.1 Å². The van der Waals surface area contributed by atoms with Gasteiger partial charge in [-0.15, -0.1) is 0 Å². The molecule has 0 unspecified atom stereocenters. The van der Waals surface area contributed by atoms with Gasteiger partial charge in [-0.05, 0) is 38.0 Å². The average molecular weight is 363 g/mol. The minimum Gasteiger partial charge on any atom is -0.448 e. The zero-order valence-electron chi connectivity index (χ0n) is 15.4. The van der Waals surface area contributed by atoms with Crippen LogP contribution in [-0.2, 0) is 9.53 Å². The fourth-order valence-electron chi connectivity index (χ4n) is 2.70. The zero-order valence-corrected chi connectivity index (χ0v) is 15.4. The van der Waals surface area contributed by atoms with Crippen molar-refractivity contribution >= 4 is 17.6 Å². The Kier molecular flexibility index (Phi) is 5.35. The lowest BCUT2D eigenvalue weighted by Gasteiger charge is -2.15. The van der Waals surface area contributed by atoms with Crippen LogP contribution in [0.25, 0.3) is 11.3 Å². The summed E-state index contributed by atoms with van der Waals surface area (Å²) in [5.74, 6) is -1.02. The van der Waals surface area contributed by atoms with Gasteiger partial charge in [-0.2, -0.15) is 5.10 Å². The first-order valence-corrected chi connectivity index (χ1v) is 8.64. The number of H-pyrrole nitrogens is 1. The topological polar surface area (TPSA) is 84.1 Å². The number of benzene rings is 2. The van der Waals surface area contributed by atoms with Crippen LogP contribution in [0.1, 0.15) is 28.5 Å². The van der Waals surface area contributed by atoms with E-state index in [2.05, 4.69) is 15.5 Å². The summed E-state index contributed by atoms with van der Waals surface area (Å²) in [6, 6.07) is 16.8. The molecule has 1 atom stereocenters. The molecule has 0 aliphatic carbocycles. The fourth-order valence-corrected chi connectivity index (χ4v) is 2.70. The lowest BCUT2D eigenvalue weighted by Crippen LogP contribution is -2.30. The number of aromatic amines is 1. The number of esters is 1. The summed E-state index contributed by atoms with van der Waals surface area (Å²) in [6.45, 7) is 5.36. The van der Waals surface area contributed by atoms with E-state index in [0.29, 0.717) is 5.69 Å². The third kappa shape index (κ3) is 4.23. The number of hydrogen-bond donors (Lipinski definition) is 2. The molecule has 2 aromatic carbocycles. The van der Waals surface area contributed by atoms with E-state index in [0.717, 1.165) is 22.4 Å². The Balaban J connectivity index is 1.65. The summed E-state index contributed by atoms with van der Waals surface area (Å²) in [6.07, 6.45) is -0.944. The van der Waals surface area contributed by atoms with Crippen LogP contribution >= 0.6 is 0 Å². The number of amides is 1.